The minimum absolute atomic E-state index is 0.0469. The van der Waals surface area contributed by atoms with Crippen LogP contribution in [-0.4, -0.2) is 20.4 Å². The lowest BCUT2D eigenvalue weighted by Crippen LogP contribution is -2.22. The Morgan fingerprint density at radius 3 is 1.80 bits per heavy atom. The van der Waals surface area contributed by atoms with Crippen molar-refractivity contribution in [3.8, 4) is 11.5 Å². The molecule has 2 aromatic carbocycles. The van der Waals surface area contributed by atoms with Gasteiger partial charge in [-0.15, -0.1) is 0 Å². The van der Waals surface area contributed by atoms with Gasteiger partial charge in [0.1, 0.15) is 18.1 Å². The average molecular weight is 487 g/mol. The summed E-state index contributed by atoms with van der Waals surface area (Å²) in [6.07, 6.45) is 5.04. The van der Waals surface area contributed by atoms with E-state index in [1.54, 1.807) is 38.1 Å². The van der Waals surface area contributed by atoms with Gasteiger partial charge in [0.2, 0.25) is 0 Å². The maximum Gasteiger partial charge on any atom is 0.126 e. The molecule has 0 spiro atoms. The van der Waals surface area contributed by atoms with Crippen molar-refractivity contribution < 1.29 is 25.2 Å². The molecular weight excluding hydrogens is 440 g/mol. The van der Waals surface area contributed by atoms with Crippen LogP contribution in [0.5, 0.6) is 11.5 Å². The van der Waals surface area contributed by atoms with Crippen molar-refractivity contribution in [1.82, 2.24) is 0 Å². The summed E-state index contributed by atoms with van der Waals surface area (Å²) in [7, 11) is 0. The summed E-state index contributed by atoms with van der Waals surface area (Å²) in [5.41, 5.74) is 0.504. The zero-order valence-electron chi connectivity index (χ0n) is 22.5. The van der Waals surface area contributed by atoms with Gasteiger partial charge in [-0.2, -0.15) is 0 Å². The van der Waals surface area contributed by atoms with E-state index in [9.17, 15) is 20.4 Å². The Morgan fingerprint density at radius 1 is 0.771 bits per heavy atom. The van der Waals surface area contributed by atoms with Crippen molar-refractivity contribution in [2.45, 2.75) is 104 Å². The highest BCUT2D eigenvalue weighted by Crippen LogP contribution is 2.37. The number of benzene rings is 2. The van der Waals surface area contributed by atoms with Crippen molar-refractivity contribution in [2.24, 2.45) is 11.8 Å². The van der Waals surface area contributed by atoms with Gasteiger partial charge in [0, 0.05) is 11.1 Å². The number of phenols is 1. The maximum atomic E-state index is 11.2. The van der Waals surface area contributed by atoms with Crippen LogP contribution in [0.4, 0.5) is 0 Å². The zero-order chi connectivity index (χ0) is 26.2. The first kappa shape index (κ1) is 29.2. The van der Waals surface area contributed by atoms with Gasteiger partial charge in [0.25, 0.3) is 0 Å². The number of aliphatic hydroxyl groups excluding tert-OH is 1. The van der Waals surface area contributed by atoms with E-state index in [2.05, 4.69) is 27.7 Å². The van der Waals surface area contributed by atoms with Gasteiger partial charge in [-0.3, -0.25) is 0 Å². The predicted molar refractivity (Wildman–Crippen MR) is 141 cm³/mol. The molecule has 0 aliphatic carbocycles. The van der Waals surface area contributed by atoms with Gasteiger partial charge < -0.3 is 25.2 Å². The third-order valence-corrected chi connectivity index (χ3v) is 6.74. The van der Waals surface area contributed by atoms with Crippen LogP contribution in [0.15, 0.2) is 36.4 Å². The summed E-state index contributed by atoms with van der Waals surface area (Å²) in [5, 5.41) is 42.4. The van der Waals surface area contributed by atoms with Crippen LogP contribution < -0.4 is 4.74 Å². The average Bonchev–Trinajstić information content (AvgIpc) is 2.76. The number of rotatable bonds is 14. The van der Waals surface area contributed by atoms with Crippen LogP contribution in [0.3, 0.4) is 0 Å². The highest BCUT2D eigenvalue weighted by atomic mass is 16.5. The lowest BCUT2D eigenvalue weighted by Gasteiger charge is -2.27. The normalized spacial score (nSPS) is 15.3. The van der Waals surface area contributed by atoms with Gasteiger partial charge in [-0.25, -0.2) is 0 Å². The lowest BCUT2D eigenvalue weighted by molar-refractivity contribution is 0.0401. The van der Waals surface area contributed by atoms with Crippen LogP contribution in [0.2, 0.25) is 0 Å². The van der Waals surface area contributed by atoms with Gasteiger partial charge in [-0.1, -0.05) is 64.8 Å². The molecule has 2 rings (SSSR count). The SMILES string of the molecule is CC(C)CCCC(C)(O)c1ccc(COc2cc(CO)ccc2C(C)(O)CCCC(C)C)cc1O. The third kappa shape index (κ3) is 8.82. The molecule has 4 N–H and O–H groups in total. The first-order chi connectivity index (χ1) is 16.4. The van der Waals surface area contributed by atoms with E-state index in [-0.39, 0.29) is 19.0 Å². The summed E-state index contributed by atoms with van der Waals surface area (Å²) in [5.74, 6) is 1.72. The molecule has 0 bridgehead atoms. The second kappa shape index (κ2) is 12.8. The van der Waals surface area contributed by atoms with Gasteiger partial charge in [0.15, 0.2) is 0 Å². The predicted octanol–water partition coefficient (Wildman–Crippen LogP) is 6.53. The Kier molecular flexibility index (Phi) is 10.6. The molecule has 0 aliphatic rings. The Balaban J connectivity index is 2.17. The van der Waals surface area contributed by atoms with Crippen molar-refractivity contribution in [3.05, 3.63) is 58.7 Å². The van der Waals surface area contributed by atoms with E-state index in [4.69, 9.17) is 4.74 Å². The van der Waals surface area contributed by atoms with Crippen LogP contribution in [0.25, 0.3) is 0 Å². The van der Waals surface area contributed by atoms with Crippen molar-refractivity contribution >= 4 is 0 Å². The summed E-state index contributed by atoms with van der Waals surface area (Å²) in [6, 6.07) is 10.6. The van der Waals surface area contributed by atoms with Crippen molar-refractivity contribution in [1.29, 1.82) is 0 Å². The van der Waals surface area contributed by atoms with Gasteiger partial charge in [-0.05, 0) is 74.6 Å². The molecule has 35 heavy (non-hydrogen) atoms. The Hall–Kier alpha value is -2.08. The molecule has 5 heteroatoms. The van der Waals surface area contributed by atoms with Crippen molar-refractivity contribution in [2.75, 3.05) is 0 Å². The Morgan fingerprint density at radius 2 is 1.29 bits per heavy atom. The molecular formula is C30H46O5. The third-order valence-electron chi connectivity index (χ3n) is 6.74. The van der Waals surface area contributed by atoms with E-state index >= 15 is 0 Å². The van der Waals surface area contributed by atoms with Crippen LogP contribution in [-0.2, 0) is 24.4 Å². The molecule has 0 aromatic heterocycles. The summed E-state index contributed by atoms with van der Waals surface area (Å²) < 4.78 is 6.11. The maximum absolute atomic E-state index is 11.2. The second-order valence-corrected chi connectivity index (χ2v) is 11.2. The van der Waals surface area contributed by atoms with E-state index in [0.717, 1.165) is 31.2 Å². The van der Waals surface area contributed by atoms with E-state index < -0.39 is 11.2 Å². The quantitative estimate of drug-likeness (QED) is 0.244. The van der Waals surface area contributed by atoms with Crippen molar-refractivity contribution in [3.63, 3.8) is 0 Å². The monoisotopic (exact) mass is 486 g/mol. The first-order valence-electron chi connectivity index (χ1n) is 13.0. The van der Waals surface area contributed by atoms with Crippen LogP contribution in [0, 0.1) is 11.8 Å². The highest BCUT2D eigenvalue weighted by Gasteiger charge is 2.28. The topological polar surface area (TPSA) is 90.2 Å². The molecule has 2 atom stereocenters. The van der Waals surface area contributed by atoms with E-state index in [1.807, 2.05) is 12.1 Å². The number of aromatic hydroxyl groups is 1. The number of hydrogen-bond acceptors (Lipinski definition) is 5. The summed E-state index contributed by atoms with van der Waals surface area (Å²) in [6.45, 7) is 12.3. The minimum atomic E-state index is -1.10. The Bertz CT molecular complexity index is 930. The number of hydrogen-bond donors (Lipinski definition) is 4. The molecule has 2 unspecified atom stereocenters. The van der Waals surface area contributed by atoms with Gasteiger partial charge >= 0.3 is 0 Å². The molecule has 0 fully saturated rings. The number of aliphatic hydroxyl groups is 3. The molecule has 0 amide bonds. The number of phenolic OH excluding ortho intramolecular Hbond substituents is 1. The molecule has 0 heterocycles. The zero-order valence-corrected chi connectivity index (χ0v) is 22.5. The van der Waals surface area contributed by atoms with E-state index in [0.29, 0.717) is 47.1 Å². The second-order valence-electron chi connectivity index (χ2n) is 11.2. The smallest absolute Gasteiger partial charge is 0.126 e. The fourth-order valence-corrected chi connectivity index (χ4v) is 4.49. The molecule has 0 aliphatic heterocycles. The van der Waals surface area contributed by atoms with Crippen LogP contribution in [0.1, 0.15) is 102 Å². The summed E-state index contributed by atoms with van der Waals surface area (Å²) >= 11 is 0. The fraction of sp³-hybridized carbons (Fsp3) is 0.600. The molecule has 2 aromatic rings. The largest absolute Gasteiger partial charge is 0.508 e. The molecule has 5 nitrogen and oxygen atoms in total. The first-order valence-corrected chi connectivity index (χ1v) is 13.0. The number of ether oxygens (including phenoxy) is 1. The van der Waals surface area contributed by atoms with Crippen LogP contribution >= 0.6 is 0 Å². The van der Waals surface area contributed by atoms with E-state index in [1.165, 1.54) is 0 Å². The molecule has 0 saturated heterocycles. The standard InChI is InChI=1S/C30H46O5/c1-21(2)9-7-15-29(5,33)25-13-12-24(17-27(25)32)20-35-28-18-23(19-31)11-14-26(28)30(6,34)16-8-10-22(3)4/h11-14,17-18,21-22,31-34H,7-10,15-16,19-20H2,1-6H3. The highest BCUT2D eigenvalue weighted by molar-refractivity contribution is 5.42. The lowest BCUT2D eigenvalue weighted by atomic mass is 9.87. The molecule has 0 saturated carbocycles. The molecule has 0 radical (unpaired) electrons. The summed E-state index contributed by atoms with van der Waals surface area (Å²) in [4.78, 5) is 0. The fourth-order valence-electron chi connectivity index (χ4n) is 4.49. The minimum Gasteiger partial charge on any atom is -0.508 e. The van der Waals surface area contributed by atoms with Gasteiger partial charge in [0.05, 0.1) is 17.8 Å². The molecule has 196 valence electrons. The Labute approximate surface area is 211 Å².